The molecule has 180 valence electrons. The van der Waals surface area contributed by atoms with Crippen LogP contribution in [0.2, 0.25) is 0 Å². The molecule has 4 heterocycles. The van der Waals surface area contributed by atoms with Crippen LogP contribution in [0.25, 0.3) is 0 Å². The average molecular weight is 472 g/mol. The first-order chi connectivity index (χ1) is 16.1. The van der Waals surface area contributed by atoms with Crippen LogP contribution in [-0.2, 0) is 15.3 Å². The van der Waals surface area contributed by atoms with Crippen LogP contribution in [0.5, 0.6) is 5.88 Å². The minimum atomic E-state index is -1.30. The van der Waals surface area contributed by atoms with Gasteiger partial charge in [0, 0.05) is 31.0 Å². The lowest BCUT2D eigenvalue weighted by atomic mass is 9.97. The highest BCUT2D eigenvalue weighted by atomic mass is 19.1. The molecule has 6 rings (SSSR count). The van der Waals surface area contributed by atoms with Crippen LogP contribution < -0.4 is 19.9 Å². The van der Waals surface area contributed by atoms with E-state index in [4.69, 9.17) is 18.7 Å². The number of halogens is 1. The molecular formula is C23H25FN4O6. The lowest BCUT2D eigenvalue weighted by Crippen LogP contribution is -2.51. The molecule has 5 atom stereocenters. The van der Waals surface area contributed by atoms with Gasteiger partial charge in [-0.1, -0.05) is 0 Å². The van der Waals surface area contributed by atoms with Crippen molar-refractivity contribution in [2.75, 3.05) is 22.9 Å². The van der Waals surface area contributed by atoms with E-state index in [1.807, 2.05) is 25.7 Å². The molecule has 0 radical (unpaired) electrons. The van der Waals surface area contributed by atoms with Crippen LogP contribution in [-0.4, -0.2) is 48.1 Å². The molecule has 11 heteroatoms. The number of nitrogens with one attached hydrogen (secondary N) is 1. The minimum Gasteiger partial charge on any atom is -0.444 e. The number of carbonyl (C=O) groups is 2. The van der Waals surface area contributed by atoms with Crippen molar-refractivity contribution in [3.63, 3.8) is 0 Å². The van der Waals surface area contributed by atoms with Gasteiger partial charge in [0.25, 0.3) is 5.88 Å². The van der Waals surface area contributed by atoms with E-state index in [2.05, 4.69) is 10.5 Å². The predicted octanol–water partition coefficient (Wildman–Crippen LogP) is 3.36. The van der Waals surface area contributed by atoms with E-state index in [1.165, 1.54) is 17.2 Å². The summed E-state index contributed by atoms with van der Waals surface area (Å²) in [5.74, 6) is -0.928. The fourth-order valence-corrected chi connectivity index (χ4v) is 5.27. The number of alkyl carbamates (subject to hydrolysis) is 1. The van der Waals surface area contributed by atoms with Crippen molar-refractivity contribution in [2.45, 2.75) is 51.2 Å². The number of anilines is 2. The molecule has 0 bridgehead atoms. The van der Waals surface area contributed by atoms with Crippen LogP contribution in [0.4, 0.5) is 25.4 Å². The summed E-state index contributed by atoms with van der Waals surface area (Å²) >= 11 is 0. The summed E-state index contributed by atoms with van der Waals surface area (Å²) in [5, 5.41) is 6.61. The number of benzene rings is 1. The average Bonchev–Trinajstić information content (AvgIpc) is 3.08. The largest absolute Gasteiger partial charge is 0.444 e. The van der Waals surface area contributed by atoms with Gasteiger partial charge in [0.15, 0.2) is 0 Å². The number of amides is 2. The Hall–Kier alpha value is -3.50. The van der Waals surface area contributed by atoms with Crippen LogP contribution in [0.15, 0.2) is 29.0 Å². The Morgan fingerprint density at radius 1 is 1.26 bits per heavy atom. The van der Waals surface area contributed by atoms with Crippen molar-refractivity contribution in [1.29, 1.82) is 0 Å². The maximum absolute atomic E-state index is 15.2. The zero-order valence-corrected chi connectivity index (χ0v) is 19.2. The van der Waals surface area contributed by atoms with E-state index in [-0.39, 0.29) is 23.8 Å². The minimum absolute atomic E-state index is 0.0506. The number of piperidine rings is 1. The van der Waals surface area contributed by atoms with E-state index in [1.54, 1.807) is 19.1 Å². The number of aromatic nitrogens is 1. The molecule has 1 N–H and O–H groups in total. The van der Waals surface area contributed by atoms with E-state index in [9.17, 15) is 9.59 Å². The summed E-state index contributed by atoms with van der Waals surface area (Å²) < 4.78 is 36.5. The first-order valence-corrected chi connectivity index (χ1v) is 11.3. The van der Waals surface area contributed by atoms with Gasteiger partial charge >= 0.3 is 18.0 Å². The number of hydrogen-bond acceptors (Lipinski definition) is 8. The highest BCUT2D eigenvalue weighted by Gasteiger charge is 2.64. The van der Waals surface area contributed by atoms with Gasteiger partial charge in [0.05, 0.1) is 11.4 Å². The smallest absolute Gasteiger partial charge is 0.418 e. The molecule has 2 amide bonds. The molecule has 4 aliphatic rings. The maximum atomic E-state index is 15.2. The van der Waals surface area contributed by atoms with Crippen molar-refractivity contribution in [1.82, 2.24) is 10.5 Å². The Bertz CT molecular complexity index is 1180. The molecule has 2 unspecified atom stereocenters. The monoisotopic (exact) mass is 472 g/mol. The molecule has 10 nitrogen and oxygen atoms in total. The number of hydrogen-bond donors (Lipinski definition) is 1. The lowest BCUT2D eigenvalue weighted by molar-refractivity contribution is -0.170. The van der Waals surface area contributed by atoms with Crippen molar-refractivity contribution in [3.8, 4) is 5.88 Å². The van der Waals surface area contributed by atoms with Gasteiger partial charge in [-0.2, -0.15) is 0 Å². The van der Waals surface area contributed by atoms with E-state index >= 15 is 4.39 Å². The third kappa shape index (κ3) is 3.02. The van der Waals surface area contributed by atoms with Gasteiger partial charge in [0.1, 0.15) is 29.3 Å². The number of rotatable bonds is 3. The predicted molar refractivity (Wildman–Crippen MR) is 116 cm³/mol. The van der Waals surface area contributed by atoms with Crippen LogP contribution in [0.1, 0.15) is 33.3 Å². The topological polar surface area (TPSA) is 106 Å². The third-order valence-electron chi connectivity index (χ3n) is 6.96. The maximum Gasteiger partial charge on any atom is 0.418 e. The number of fused-ring (bicyclic) bond motifs is 3. The van der Waals surface area contributed by atoms with E-state index in [0.29, 0.717) is 30.0 Å². The number of nitrogens with zero attached hydrogens (tertiary/aromatic N) is 3. The first kappa shape index (κ1) is 21.1. The van der Waals surface area contributed by atoms with Gasteiger partial charge < -0.3 is 29.0 Å². The van der Waals surface area contributed by atoms with Crippen LogP contribution in [0, 0.1) is 17.7 Å². The molecule has 2 aromatic rings. The quantitative estimate of drug-likeness (QED) is 0.725. The van der Waals surface area contributed by atoms with Gasteiger partial charge in [-0.05, 0) is 51.1 Å². The summed E-state index contributed by atoms with van der Waals surface area (Å²) in [4.78, 5) is 28.0. The SMILES string of the molecule is CC1N(c2ccc(N3C[C@@H]4C(NC(=O)OC(C)(C)C)[C@@H]4C3)c(F)c2)C(=O)O[C@@]12Oc1nocc12. The van der Waals surface area contributed by atoms with Gasteiger partial charge in [-0.25, -0.2) is 14.0 Å². The zero-order valence-electron chi connectivity index (χ0n) is 19.2. The fraction of sp³-hybridized carbons (Fsp3) is 0.522. The first-order valence-electron chi connectivity index (χ1n) is 11.3. The molecule has 1 aromatic carbocycles. The van der Waals surface area contributed by atoms with Crippen molar-refractivity contribution >= 4 is 23.6 Å². The normalized spacial score (nSPS) is 30.9. The highest BCUT2D eigenvalue weighted by Crippen LogP contribution is 2.52. The summed E-state index contributed by atoms with van der Waals surface area (Å²) in [5.41, 5.74) is 0.840. The summed E-state index contributed by atoms with van der Waals surface area (Å²) in [7, 11) is 0. The highest BCUT2D eigenvalue weighted by molar-refractivity contribution is 5.92. The lowest BCUT2D eigenvalue weighted by Gasteiger charge is -2.37. The molecule has 2 saturated heterocycles. The zero-order chi connectivity index (χ0) is 24.0. The molecule has 3 fully saturated rings. The second-order valence-electron chi connectivity index (χ2n) is 10.3. The van der Waals surface area contributed by atoms with Crippen molar-refractivity contribution < 1.29 is 32.7 Å². The second kappa shape index (κ2) is 6.77. The van der Waals surface area contributed by atoms with E-state index < -0.39 is 35.4 Å². The Morgan fingerprint density at radius 3 is 2.65 bits per heavy atom. The molecular weight excluding hydrogens is 447 g/mol. The van der Waals surface area contributed by atoms with E-state index in [0.717, 1.165) is 0 Å². The summed E-state index contributed by atoms with van der Waals surface area (Å²) in [6, 6.07) is 4.21. The molecule has 1 aromatic heterocycles. The third-order valence-corrected chi connectivity index (χ3v) is 6.96. The molecule has 1 aliphatic carbocycles. The molecule has 1 spiro atoms. The van der Waals surface area contributed by atoms with Crippen molar-refractivity contribution in [3.05, 3.63) is 35.8 Å². The van der Waals surface area contributed by atoms with Crippen LogP contribution in [0.3, 0.4) is 0 Å². The summed E-state index contributed by atoms with van der Waals surface area (Å²) in [6.07, 6.45) is 0.330. The number of carbonyl (C=O) groups excluding carboxylic acids is 2. The number of ether oxygens (including phenoxy) is 3. The molecule has 3 aliphatic heterocycles. The Morgan fingerprint density at radius 2 is 2.00 bits per heavy atom. The summed E-state index contributed by atoms with van der Waals surface area (Å²) in [6.45, 7) is 8.50. The van der Waals surface area contributed by atoms with Gasteiger partial charge in [-0.15, -0.1) is 0 Å². The molecule has 34 heavy (non-hydrogen) atoms. The Kier molecular flexibility index (Phi) is 4.19. The van der Waals surface area contributed by atoms with Gasteiger partial charge in [0.2, 0.25) is 0 Å². The van der Waals surface area contributed by atoms with Crippen LogP contribution >= 0.6 is 0 Å². The van der Waals surface area contributed by atoms with Crippen molar-refractivity contribution in [2.24, 2.45) is 11.8 Å². The fourth-order valence-electron chi connectivity index (χ4n) is 5.27. The second-order valence-corrected chi connectivity index (χ2v) is 10.3. The standard InChI is InChI=1S/C23H25FN4O6/c1-11-23(15-10-31-26-19(15)32-23)34-21(30)28(11)12-5-6-17(16(24)7-12)27-8-13-14(9-27)18(13)25-20(29)33-22(2,3)4/h5-7,10-11,13-14,18H,8-9H2,1-4H3,(H,25,29)/t11?,13-,14+,18?,23-/m0/s1. The molecule has 1 saturated carbocycles. The Labute approximate surface area is 194 Å². The Balaban J connectivity index is 1.12. The van der Waals surface area contributed by atoms with Gasteiger partial charge in [-0.3, -0.25) is 4.90 Å².